The van der Waals surface area contributed by atoms with Gasteiger partial charge in [0.1, 0.15) is 12.6 Å². The maximum atomic E-state index is 12.7. The van der Waals surface area contributed by atoms with Crippen molar-refractivity contribution in [2.75, 3.05) is 41.0 Å². The fourth-order valence-electron chi connectivity index (χ4n) is 7.34. The molecule has 0 aromatic carbocycles. The monoisotopic (exact) mass is 846 g/mol. The van der Waals surface area contributed by atoms with Crippen molar-refractivity contribution < 1.29 is 38.2 Å². The molecular weight excluding hydrogens is 751 g/mol. The zero-order chi connectivity index (χ0) is 44.2. The Labute approximate surface area is 370 Å². The molecule has 0 saturated carbocycles. The number of carbonyl (C=O) groups excluding carboxylic acids is 3. The van der Waals surface area contributed by atoms with Crippen LogP contribution in [0.4, 0.5) is 0 Å². The lowest BCUT2D eigenvalue weighted by Gasteiger charge is -2.34. The number of unbranched alkanes of at least 4 members (excludes halogenated alkanes) is 25. The second-order valence-electron chi connectivity index (χ2n) is 18.0. The molecule has 0 aliphatic rings. The molecule has 0 radical (unpaired) electrons. The van der Waals surface area contributed by atoms with Crippen LogP contribution in [0.1, 0.15) is 226 Å². The quantitative estimate of drug-likeness (QED) is 0.0260. The van der Waals surface area contributed by atoms with E-state index in [1.807, 2.05) is 0 Å². The fraction of sp³-hybridized carbons (Fsp3) is 0.827. The van der Waals surface area contributed by atoms with E-state index in [1.165, 1.54) is 122 Å². The number of quaternary nitrogens is 1. The summed E-state index contributed by atoms with van der Waals surface area (Å²) in [4.78, 5) is 36.9. The van der Waals surface area contributed by atoms with Gasteiger partial charge < -0.3 is 28.6 Å². The number of allylic oxidation sites excluding steroid dienone is 6. The third kappa shape index (κ3) is 40.9. The summed E-state index contributed by atoms with van der Waals surface area (Å²) < 4.78 is 17.2. The van der Waals surface area contributed by atoms with E-state index in [-0.39, 0.29) is 42.7 Å². The van der Waals surface area contributed by atoms with E-state index in [0.29, 0.717) is 12.8 Å². The summed E-state index contributed by atoms with van der Waals surface area (Å²) in [7, 11) is 5.41. The van der Waals surface area contributed by atoms with Crippen LogP contribution in [-0.2, 0) is 28.6 Å². The van der Waals surface area contributed by atoms with E-state index in [2.05, 4.69) is 50.3 Å². The zero-order valence-corrected chi connectivity index (χ0v) is 39.9. The summed E-state index contributed by atoms with van der Waals surface area (Å²) in [5.74, 6) is -1.75. The molecule has 350 valence electrons. The number of carboxylic acids is 1. The van der Waals surface area contributed by atoms with Crippen LogP contribution in [0.2, 0.25) is 0 Å². The standard InChI is InChI=1S/C52H95NO7/c1-6-8-10-12-14-16-18-20-21-22-23-24-25-26-27-28-29-31-32-34-36-38-40-42-50(54)59-47-48(46-58-45-44-49(52(56)57)53(3,4)5)60-51(55)43-41-39-37-35-33-30-19-17-15-13-11-9-7-2/h11,13,17,19,22-23,48-49H,6-10,12,14-16,18,20-21,24-47H2,1-5H3/b13-11-,19-17-,23-22-. The molecule has 0 fully saturated rings. The Morgan fingerprint density at radius 3 is 1.37 bits per heavy atom. The Bertz CT molecular complexity index is 1080. The molecule has 0 aromatic rings. The lowest BCUT2D eigenvalue weighted by Crippen LogP contribution is -2.55. The van der Waals surface area contributed by atoms with Gasteiger partial charge in [0.15, 0.2) is 6.10 Å². The molecule has 0 aliphatic carbocycles. The van der Waals surface area contributed by atoms with Crippen LogP contribution in [0.5, 0.6) is 0 Å². The Morgan fingerprint density at radius 2 is 0.917 bits per heavy atom. The van der Waals surface area contributed by atoms with Crippen molar-refractivity contribution in [2.24, 2.45) is 0 Å². The molecule has 0 aliphatic heterocycles. The lowest BCUT2D eigenvalue weighted by molar-refractivity contribution is -0.889. The normalized spacial score (nSPS) is 13.2. The van der Waals surface area contributed by atoms with Gasteiger partial charge in [-0.05, 0) is 64.2 Å². The van der Waals surface area contributed by atoms with Crippen LogP contribution in [0.25, 0.3) is 0 Å². The Hall–Kier alpha value is -2.45. The van der Waals surface area contributed by atoms with Crippen molar-refractivity contribution in [1.82, 2.24) is 0 Å². The second kappa shape index (κ2) is 43.2. The van der Waals surface area contributed by atoms with Crippen molar-refractivity contribution in [3.05, 3.63) is 36.5 Å². The van der Waals surface area contributed by atoms with Crippen LogP contribution in [0, 0.1) is 0 Å². The summed E-state index contributed by atoms with van der Waals surface area (Å²) in [5, 5.41) is 11.6. The molecule has 0 bridgehead atoms. The first-order chi connectivity index (χ1) is 29.1. The molecule has 2 atom stereocenters. The highest BCUT2D eigenvalue weighted by molar-refractivity contribution is 5.70. The van der Waals surface area contributed by atoms with Crippen molar-refractivity contribution in [3.63, 3.8) is 0 Å². The number of carbonyl (C=O) groups is 3. The molecule has 8 heteroatoms. The van der Waals surface area contributed by atoms with Gasteiger partial charge in [0.25, 0.3) is 0 Å². The highest BCUT2D eigenvalue weighted by Gasteiger charge is 2.25. The summed E-state index contributed by atoms with van der Waals surface area (Å²) in [6, 6.07) is -0.728. The topological polar surface area (TPSA) is 102 Å². The second-order valence-corrected chi connectivity index (χ2v) is 18.0. The number of likely N-dealkylation sites (N-methyl/N-ethyl adjacent to an activating group) is 1. The molecular formula is C52H95NO7. The number of aliphatic carboxylic acids is 1. The minimum atomic E-state index is -1.13. The van der Waals surface area contributed by atoms with E-state index in [0.717, 1.165) is 70.6 Å². The molecule has 60 heavy (non-hydrogen) atoms. The average molecular weight is 846 g/mol. The first kappa shape index (κ1) is 57.5. The van der Waals surface area contributed by atoms with E-state index in [9.17, 15) is 19.5 Å². The van der Waals surface area contributed by atoms with Crippen molar-refractivity contribution in [3.8, 4) is 0 Å². The molecule has 0 heterocycles. The van der Waals surface area contributed by atoms with Crippen molar-refractivity contribution in [1.29, 1.82) is 0 Å². The number of rotatable bonds is 45. The molecule has 0 N–H and O–H groups in total. The molecule has 0 spiro atoms. The number of ether oxygens (including phenoxy) is 3. The third-order valence-electron chi connectivity index (χ3n) is 11.2. The maximum Gasteiger partial charge on any atom is 0.306 e. The summed E-state index contributed by atoms with van der Waals surface area (Å²) >= 11 is 0. The number of hydrogen-bond acceptors (Lipinski definition) is 7. The van der Waals surface area contributed by atoms with Gasteiger partial charge in [-0.15, -0.1) is 0 Å². The van der Waals surface area contributed by atoms with Crippen LogP contribution >= 0.6 is 0 Å². The van der Waals surface area contributed by atoms with Gasteiger partial charge >= 0.3 is 11.9 Å². The smallest absolute Gasteiger partial charge is 0.306 e. The van der Waals surface area contributed by atoms with Crippen LogP contribution in [-0.4, -0.2) is 75.5 Å². The number of carboxylic acid groups (broad SMARTS) is 1. The van der Waals surface area contributed by atoms with Gasteiger partial charge in [0, 0.05) is 19.3 Å². The lowest BCUT2D eigenvalue weighted by atomic mass is 10.0. The summed E-state index contributed by atoms with van der Waals surface area (Å²) in [6.07, 6.45) is 50.4. The Balaban J connectivity index is 4.18. The van der Waals surface area contributed by atoms with Gasteiger partial charge in [0.05, 0.1) is 40.3 Å². The van der Waals surface area contributed by atoms with E-state index >= 15 is 0 Å². The average Bonchev–Trinajstić information content (AvgIpc) is 3.21. The SMILES string of the molecule is CCC/C=C\C/C=C\CCCCCCCC(=O)OC(COCCC(C(=O)[O-])[N+](C)(C)C)COC(=O)CCCCCCCCCCCCC/C=C\CCCCCCCCCC. The van der Waals surface area contributed by atoms with E-state index in [1.54, 1.807) is 21.1 Å². The zero-order valence-electron chi connectivity index (χ0n) is 39.9. The van der Waals surface area contributed by atoms with E-state index < -0.39 is 18.1 Å². The van der Waals surface area contributed by atoms with Gasteiger partial charge in [-0.1, -0.05) is 179 Å². The van der Waals surface area contributed by atoms with Crippen molar-refractivity contribution >= 4 is 17.9 Å². The van der Waals surface area contributed by atoms with Crippen molar-refractivity contribution in [2.45, 2.75) is 238 Å². The number of esters is 2. The number of nitrogens with zero attached hydrogens (tertiary/aromatic N) is 1. The van der Waals surface area contributed by atoms with Gasteiger partial charge in [-0.25, -0.2) is 0 Å². The molecule has 0 amide bonds. The Morgan fingerprint density at radius 1 is 0.500 bits per heavy atom. The maximum absolute atomic E-state index is 12.7. The first-order valence-corrected chi connectivity index (χ1v) is 25.0. The fourth-order valence-corrected chi connectivity index (χ4v) is 7.34. The summed E-state index contributed by atoms with van der Waals surface area (Å²) in [6.45, 7) is 4.60. The van der Waals surface area contributed by atoms with E-state index in [4.69, 9.17) is 14.2 Å². The summed E-state index contributed by atoms with van der Waals surface area (Å²) in [5.41, 5.74) is 0. The van der Waals surface area contributed by atoms with Crippen LogP contribution < -0.4 is 5.11 Å². The molecule has 0 aromatic heterocycles. The van der Waals surface area contributed by atoms with Gasteiger partial charge in [-0.3, -0.25) is 9.59 Å². The Kier molecular flexibility index (Phi) is 41.4. The highest BCUT2D eigenvalue weighted by Crippen LogP contribution is 2.15. The van der Waals surface area contributed by atoms with Crippen LogP contribution in [0.3, 0.4) is 0 Å². The first-order valence-electron chi connectivity index (χ1n) is 25.0. The molecule has 8 nitrogen and oxygen atoms in total. The minimum absolute atomic E-state index is 0.0363. The number of hydrogen-bond donors (Lipinski definition) is 0. The predicted molar refractivity (Wildman–Crippen MR) is 250 cm³/mol. The molecule has 0 rings (SSSR count). The van der Waals surface area contributed by atoms with Crippen LogP contribution in [0.15, 0.2) is 36.5 Å². The largest absolute Gasteiger partial charge is 0.544 e. The van der Waals surface area contributed by atoms with Gasteiger partial charge in [0.2, 0.25) is 0 Å². The minimum Gasteiger partial charge on any atom is -0.544 e. The predicted octanol–water partition coefficient (Wildman–Crippen LogP) is 12.9. The molecule has 2 unspecified atom stereocenters. The molecule has 0 saturated heterocycles. The highest BCUT2D eigenvalue weighted by atomic mass is 16.6. The third-order valence-corrected chi connectivity index (χ3v) is 11.2. The van der Waals surface area contributed by atoms with Gasteiger partial charge in [-0.2, -0.15) is 0 Å².